The Kier molecular flexibility index (Phi) is 8.51. The predicted octanol–water partition coefficient (Wildman–Crippen LogP) is 4.22. The fourth-order valence-corrected chi connectivity index (χ4v) is 3.72. The number of methoxy groups -OCH3 is 4. The van der Waals surface area contributed by atoms with Gasteiger partial charge in [-0.25, -0.2) is 0 Å². The van der Waals surface area contributed by atoms with Gasteiger partial charge in [0.15, 0.2) is 23.0 Å². The van der Waals surface area contributed by atoms with Crippen LogP contribution in [0.4, 0.5) is 0 Å². The summed E-state index contributed by atoms with van der Waals surface area (Å²) < 4.78 is 33.4. The predicted molar refractivity (Wildman–Crippen MR) is 119 cm³/mol. The maximum Gasteiger partial charge on any atom is 0.203 e. The molecule has 0 spiro atoms. The highest BCUT2D eigenvalue weighted by Gasteiger charge is 2.20. The van der Waals surface area contributed by atoms with Crippen molar-refractivity contribution >= 4 is 11.6 Å². The second kappa shape index (κ2) is 11.3. The molecule has 1 aliphatic rings. The van der Waals surface area contributed by atoms with Crippen molar-refractivity contribution in [2.75, 3.05) is 41.7 Å². The van der Waals surface area contributed by atoms with E-state index in [1.54, 1.807) is 34.5 Å². The van der Waals surface area contributed by atoms with Gasteiger partial charge >= 0.3 is 0 Å². The summed E-state index contributed by atoms with van der Waals surface area (Å²) in [5.74, 6) is 3.08. The van der Waals surface area contributed by atoms with Crippen molar-refractivity contribution in [1.82, 2.24) is 5.32 Å². The van der Waals surface area contributed by atoms with Gasteiger partial charge in [-0.05, 0) is 42.2 Å². The molecule has 2 aromatic rings. The minimum absolute atomic E-state index is 0.113. The van der Waals surface area contributed by atoms with E-state index in [0.717, 1.165) is 30.6 Å². The van der Waals surface area contributed by atoms with Crippen molar-refractivity contribution in [3.05, 3.63) is 40.4 Å². The minimum Gasteiger partial charge on any atom is -0.493 e. The third-order valence-electron chi connectivity index (χ3n) is 5.16. The first-order chi connectivity index (χ1) is 15.1. The molecule has 0 saturated carbocycles. The van der Waals surface area contributed by atoms with Crippen molar-refractivity contribution in [3.63, 3.8) is 0 Å². The number of rotatable bonds is 11. The van der Waals surface area contributed by atoms with Gasteiger partial charge in [0.2, 0.25) is 5.75 Å². The van der Waals surface area contributed by atoms with Crippen LogP contribution in [-0.4, -0.2) is 47.8 Å². The molecule has 0 aromatic heterocycles. The van der Waals surface area contributed by atoms with Crippen molar-refractivity contribution in [1.29, 1.82) is 0 Å². The molecule has 1 saturated heterocycles. The van der Waals surface area contributed by atoms with Crippen LogP contribution in [-0.2, 0) is 17.8 Å². The summed E-state index contributed by atoms with van der Waals surface area (Å²) in [5, 5.41) is 4.00. The molecule has 1 unspecified atom stereocenters. The fourth-order valence-electron chi connectivity index (χ4n) is 3.50. The van der Waals surface area contributed by atoms with E-state index >= 15 is 0 Å². The van der Waals surface area contributed by atoms with Gasteiger partial charge in [0.1, 0.15) is 6.61 Å². The number of nitrogens with one attached hydrogen (secondary N) is 1. The molecule has 8 heteroatoms. The third kappa shape index (κ3) is 5.87. The van der Waals surface area contributed by atoms with E-state index in [9.17, 15) is 0 Å². The van der Waals surface area contributed by atoms with Gasteiger partial charge in [0.25, 0.3) is 0 Å². The average molecular weight is 452 g/mol. The molecule has 0 bridgehead atoms. The average Bonchev–Trinajstić information content (AvgIpc) is 3.31. The fraction of sp³-hybridized carbons (Fsp3) is 0.478. The highest BCUT2D eigenvalue weighted by Crippen LogP contribution is 2.39. The van der Waals surface area contributed by atoms with Crippen molar-refractivity contribution in [2.45, 2.75) is 32.0 Å². The molecule has 31 heavy (non-hydrogen) atoms. The first kappa shape index (κ1) is 23.3. The summed E-state index contributed by atoms with van der Waals surface area (Å²) >= 11 is 6.38. The van der Waals surface area contributed by atoms with Crippen LogP contribution in [0, 0.1) is 0 Å². The van der Waals surface area contributed by atoms with Crippen LogP contribution in [0.5, 0.6) is 28.7 Å². The highest BCUT2D eigenvalue weighted by atomic mass is 35.5. The van der Waals surface area contributed by atoms with Crippen molar-refractivity contribution in [2.24, 2.45) is 0 Å². The Hall–Kier alpha value is -2.35. The van der Waals surface area contributed by atoms with E-state index in [4.69, 9.17) is 40.0 Å². The van der Waals surface area contributed by atoms with Crippen LogP contribution < -0.4 is 29.0 Å². The topological polar surface area (TPSA) is 67.4 Å². The van der Waals surface area contributed by atoms with Gasteiger partial charge in [0, 0.05) is 30.8 Å². The molecule has 1 aliphatic heterocycles. The zero-order valence-electron chi connectivity index (χ0n) is 18.5. The van der Waals surface area contributed by atoms with E-state index in [1.165, 1.54) is 0 Å². The molecule has 170 valence electrons. The largest absolute Gasteiger partial charge is 0.493 e. The second-order valence-electron chi connectivity index (χ2n) is 7.18. The molecular weight excluding hydrogens is 422 g/mol. The van der Waals surface area contributed by atoms with Gasteiger partial charge in [-0.1, -0.05) is 11.6 Å². The van der Waals surface area contributed by atoms with E-state index < -0.39 is 0 Å². The summed E-state index contributed by atoms with van der Waals surface area (Å²) in [6.45, 7) is 2.41. The Morgan fingerprint density at radius 1 is 0.903 bits per heavy atom. The van der Waals surface area contributed by atoms with Gasteiger partial charge in [0.05, 0.1) is 34.5 Å². The Balaban J connectivity index is 1.67. The minimum atomic E-state index is 0.113. The van der Waals surface area contributed by atoms with Crippen LogP contribution in [0.2, 0.25) is 5.02 Å². The van der Waals surface area contributed by atoms with Crippen LogP contribution in [0.3, 0.4) is 0 Å². The SMILES string of the molecule is COc1cc(Cl)c(CNCc2cc(OC)c(OCC3CCCO3)c(OC)c2)cc1OC. The number of benzene rings is 2. The first-order valence-electron chi connectivity index (χ1n) is 10.2. The molecule has 0 aliphatic carbocycles. The molecule has 2 aromatic carbocycles. The van der Waals surface area contributed by atoms with Crippen LogP contribution >= 0.6 is 11.6 Å². The smallest absolute Gasteiger partial charge is 0.203 e. The lowest BCUT2D eigenvalue weighted by atomic mass is 10.1. The van der Waals surface area contributed by atoms with Gasteiger partial charge in [-0.3, -0.25) is 0 Å². The zero-order valence-corrected chi connectivity index (χ0v) is 19.2. The summed E-state index contributed by atoms with van der Waals surface area (Å²) in [7, 11) is 6.42. The zero-order chi connectivity index (χ0) is 22.2. The summed E-state index contributed by atoms with van der Waals surface area (Å²) in [5.41, 5.74) is 1.91. The van der Waals surface area contributed by atoms with Gasteiger partial charge in [-0.15, -0.1) is 0 Å². The van der Waals surface area contributed by atoms with Crippen molar-refractivity contribution < 1.29 is 28.4 Å². The monoisotopic (exact) mass is 451 g/mol. The first-order valence-corrected chi connectivity index (χ1v) is 10.6. The molecule has 1 heterocycles. The Labute approximate surface area is 188 Å². The quantitative estimate of drug-likeness (QED) is 0.548. The molecule has 3 rings (SSSR count). The Morgan fingerprint density at radius 2 is 1.55 bits per heavy atom. The standard InChI is InChI=1S/C23H30ClNO6/c1-26-19-10-16(18(24)11-20(19)27-2)13-25-12-15-8-21(28-3)23(22(9-15)29-4)31-14-17-6-5-7-30-17/h8-11,17,25H,5-7,12-14H2,1-4H3. The molecule has 0 radical (unpaired) electrons. The van der Waals surface area contributed by atoms with E-state index in [1.807, 2.05) is 18.2 Å². The summed E-state index contributed by atoms with van der Waals surface area (Å²) in [6, 6.07) is 7.51. The van der Waals surface area contributed by atoms with Gasteiger partial charge in [-0.2, -0.15) is 0 Å². The number of hydrogen-bond acceptors (Lipinski definition) is 7. The molecular formula is C23H30ClNO6. The second-order valence-corrected chi connectivity index (χ2v) is 7.58. The van der Waals surface area contributed by atoms with E-state index in [-0.39, 0.29) is 6.10 Å². The maximum atomic E-state index is 6.38. The van der Waals surface area contributed by atoms with E-state index in [2.05, 4.69) is 5.32 Å². The Bertz CT molecular complexity index is 844. The van der Waals surface area contributed by atoms with Crippen LogP contribution in [0.15, 0.2) is 24.3 Å². The summed E-state index contributed by atoms with van der Waals surface area (Å²) in [6.07, 6.45) is 2.18. The Morgan fingerprint density at radius 3 is 2.13 bits per heavy atom. The number of ether oxygens (including phenoxy) is 6. The molecule has 7 nitrogen and oxygen atoms in total. The third-order valence-corrected chi connectivity index (χ3v) is 5.51. The lowest BCUT2D eigenvalue weighted by molar-refractivity contribution is 0.0659. The summed E-state index contributed by atoms with van der Waals surface area (Å²) in [4.78, 5) is 0. The molecule has 1 fully saturated rings. The van der Waals surface area contributed by atoms with Crippen LogP contribution in [0.25, 0.3) is 0 Å². The molecule has 1 N–H and O–H groups in total. The molecule has 0 amide bonds. The lowest BCUT2D eigenvalue weighted by Crippen LogP contribution is -2.17. The lowest BCUT2D eigenvalue weighted by Gasteiger charge is -2.18. The molecule has 1 atom stereocenters. The van der Waals surface area contributed by atoms with Gasteiger partial charge < -0.3 is 33.7 Å². The maximum absolute atomic E-state index is 6.38. The van der Waals surface area contributed by atoms with E-state index in [0.29, 0.717) is 53.5 Å². The van der Waals surface area contributed by atoms with Crippen LogP contribution in [0.1, 0.15) is 24.0 Å². The normalized spacial score (nSPS) is 15.6. The highest BCUT2D eigenvalue weighted by molar-refractivity contribution is 6.31. The van der Waals surface area contributed by atoms with Crippen molar-refractivity contribution in [3.8, 4) is 28.7 Å². The number of hydrogen-bond donors (Lipinski definition) is 1. The number of halogens is 1.